The minimum atomic E-state index is -0.414. The molecule has 1 fully saturated rings. The lowest BCUT2D eigenvalue weighted by molar-refractivity contribution is 0.0751. The van der Waals surface area contributed by atoms with Gasteiger partial charge < -0.3 is 19.7 Å². The van der Waals surface area contributed by atoms with Crippen LogP contribution in [0.2, 0.25) is 0 Å². The lowest BCUT2D eigenvalue weighted by Crippen LogP contribution is -2.52. The molecule has 5 nitrogen and oxygen atoms in total. The highest BCUT2D eigenvalue weighted by molar-refractivity contribution is 5.68. The second kappa shape index (κ2) is 10.1. The molecule has 0 saturated carbocycles. The summed E-state index contributed by atoms with van der Waals surface area (Å²) in [4.78, 5) is 13.9. The van der Waals surface area contributed by atoms with Gasteiger partial charge >= 0.3 is 6.09 Å². The normalized spacial score (nSPS) is 16.6. The lowest BCUT2D eigenvalue weighted by Gasteiger charge is -2.33. The van der Waals surface area contributed by atoms with Gasteiger partial charge in [-0.1, -0.05) is 30.3 Å². The summed E-state index contributed by atoms with van der Waals surface area (Å²) in [6.07, 6.45) is 1.38. The maximum absolute atomic E-state index is 14.1. The van der Waals surface area contributed by atoms with Crippen LogP contribution in [-0.4, -0.2) is 43.3 Å². The van der Waals surface area contributed by atoms with Crippen LogP contribution in [0.4, 0.5) is 9.18 Å². The van der Waals surface area contributed by atoms with Crippen molar-refractivity contribution in [3.63, 3.8) is 0 Å². The zero-order valence-corrected chi connectivity index (χ0v) is 16.2. The number of amides is 1. The van der Waals surface area contributed by atoms with E-state index in [0.29, 0.717) is 24.5 Å². The Kier molecular flexibility index (Phi) is 7.25. The molecule has 1 aliphatic rings. The number of aryl methyl sites for hydroxylation is 1. The van der Waals surface area contributed by atoms with Crippen molar-refractivity contribution in [2.45, 2.75) is 32.4 Å². The molecular formula is C22H27FN2O3. The van der Waals surface area contributed by atoms with Crippen molar-refractivity contribution in [1.82, 2.24) is 10.2 Å². The van der Waals surface area contributed by atoms with Crippen LogP contribution in [0.15, 0.2) is 48.5 Å². The molecule has 2 aromatic carbocycles. The maximum atomic E-state index is 14.1. The second-order valence-electron chi connectivity index (χ2n) is 6.99. The Labute approximate surface area is 165 Å². The van der Waals surface area contributed by atoms with Crippen LogP contribution in [0.25, 0.3) is 0 Å². The zero-order chi connectivity index (χ0) is 19.8. The molecule has 1 unspecified atom stereocenters. The first-order valence-corrected chi connectivity index (χ1v) is 9.73. The Hall–Kier alpha value is -2.60. The molecule has 0 aromatic heterocycles. The summed E-state index contributed by atoms with van der Waals surface area (Å²) < 4.78 is 25.1. The molecule has 1 atom stereocenters. The van der Waals surface area contributed by atoms with E-state index in [1.165, 1.54) is 11.6 Å². The molecule has 6 heteroatoms. The van der Waals surface area contributed by atoms with E-state index in [4.69, 9.17) is 9.47 Å². The van der Waals surface area contributed by atoms with Crippen molar-refractivity contribution in [1.29, 1.82) is 0 Å². The van der Waals surface area contributed by atoms with E-state index in [2.05, 4.69) is 17.4 Å². The molecule has 0 radical (unpaired) electrons. The number of hydrogen-bond donors (Lipinski definition) is 1. The van der Waals surface area contributed by atoms with Gasteiger partial charge in [0.1, 0.15) is 18.2 Å². The highest BCUT2D eigenvalue weighted by Gasteiger charge is 2.24. The maximum Gasteiger partial charge on any atom is 0.410 e. The van der Waals surface area contributed by atoms with Crippen LogP contribution < -0.4 is 10.1 Å². The van der Waals surface area contributed by atoms with Crippen LogP contribution in [-0.2, 0) is 17.8 Å². The Morgan fingerprint density at radius 1 is 1.25 bits per heavy atom. The van der Waals surface area contributed by atoms with Crippen LogP contribution in [0.5, 0.6) is 5.75 Å². The van der Waals surface area contributed by atoms with E-state index in [1.807, 2.05) is 25.1 Å². The molecule has 1 saturated heterocycles. The van der Waals surface area contributed by atoms with Gasteiger partial charge in [0.05, 0.1) is 6.61 Å². The average molecular weight is 386 g/mol. The third kappa shape index (κ3) is 5.70. The number of carbonyl (C=O) groups excluding carboxylic acids is 1. The number of benzene rings is 2. The molecule has 1 aliphatic heterocycles. The van der Waals surface area contributed by atoms with Crippen LogP contribution in [0, 0.1) is 5.82 Å². The van der Waals surface area contributed by atoms with Gasteiger partial charge in [-0.3, -0.25) is 0 Å². The summed E-state index contributed by atoms with van der Waals surface area (Å²) in [5.41, 5.74) is 1.58. The topological polar surface area (TPSA) is 50.8 Å². The van der Waals surface area contributed by atoms with E-state index in [-0.39, 0.29) is 12.6 Å². The van der Waals surface area contributed by atoms with E-state index in [9.17, 15) is 9.18 Å². The van der Waals surface area contributed by atoms with Crippen molar-refractivity contribution in [2.75, 3.05) is 26.2 Å². The Morgan fingerprint density at radius 3 is 2.86 bits per heavy atom. The zero-order valence-electron chi connectivity index (χ0n) is 16.2. The van der Waals surface area contributed by atoms with Crippen LogP contribution in [0.3, 0.4) is 0 Å². The van der Waals surface area contributed by atoms with Crippen LogP contribution >= 0.6 is 0 Å². The van der Waals surface area contributed by atoms with Gasteiger partial charge in [0, 0.05) is 31.2 Å². The van der Waals surface area contributed by atoms with Crippen molar-refractivity contribution in [3.8, 4) is 5.75 Å². The number of nitrogens with zero attached hydrogens (tertiary/aromatic N) is 1. The number of halogens is 1. The van der Waals surface area contributed by atoms with Gasteiger partial charge in [0.2, 0.25) is 0 Å². The molecule has 0 spiro atoms. The summed E-state index contributed by atoms with van der Waals surface area (Å²) >= 11 is 0. The number of nitrogens with one attached hydrogen (secondary N) is 1. The Balaban J connectivity index is 1.48. The van der Waals surface area contributed by atoms with Gasteiger partial charge in [-0.25, -0.2) is 9.18 Å². The fourth-order valence-electron chi connectivity index (χ4n) is 3.20. The van der Waals surface area contributed by atoms with Gasteiger partial charge in [0.25, 0.3) is 0 Å². The highest BCUT2D eigenvalue weighted by atomic mass is 19.1. The predicted molar refractivity (Wildman–Crippen MR) is 106 cm³/mol. The number of rotatable bonds is 7. The molecule has 2 aromatic rings. The van der Waals surface area contributed by atoms with Crippen molar-refractivity contribution in [2.24, 2.45) is 0 Å². The first-order valence-electron chi connectivity index (χ1n) is 9.73. The van der Waals surface area contributed by atoms with Crippen molar-refractivity contribution >= 4 is 6.09 Å². The van der Waals surface area contributed by atoms with Crippen LogP contribution in [0.1, 0.15) is 24.5 Å². The molecule has 3 rings (SSSR count). The molecule has 150 valence electrons. The summed E-state index contributed by atoms with van der Waals surface area (Å²) in [5.74, 6) is 0.175. The molecular weight excluding hydrogens is 359 g/mol. The molecule has 1 heterocycles. The lowest BCUT2D eigenvalue weighted by atomic mass is 10.1. The summed E-state index contributed by atoms with van der Waals surface area (Å²) in [6, 6.07) is 14.8. The molecule has 0 aliphatic carbocycles. The third-order valence-corrected chi connectivity index (χ3v) is 4.83. The molecule has 1 amide bonds. The van der Waals surface area contributed by atoms with Gasteiger partial charge in [-0.15, -0.1) is 0 Å². The SMILES string of the molecule is CC1CNCCN1C(=O)OCc1cc(OCCCc2ccccc2)ccc1F. The third-order valence-electron chi connectivity index (χ3n) is 4.83. The molecule has 0 bridgehead atoms. The highest BCUT2D eigenvalue weighted by Crippen LogP contribution is 2.19. The second-order valence-corrected chi connectivity index (χ2v) is 6.99. The van der Waals surface area contributed by atoms with E-state index < -0.39 is 11.9 Å². The number of hydrogen-bond acceptors (Lipinski definition) is 4. The monoisotopic (exact) mass is 386 g/mol. The standard InChI is InChI=1S/C22H27FN2O3/c1-17-15-24-11-12-25(17)22(26)28-16-19-14-20(9-10-21(19)23)27-13-5-8-18-6-3-2-4-7-18/h2-4,6-7,9-10,14,17,24H,5,8,11-13,15-16H2,1H3. The predicted octanol–water partition coefficient (Wildman–Crippen LogP) is 3.77. The van der Waals surface area contributed by atoms with Crippen molar-refractivity contribution in [3.05, 3.63) is 65.5 Å². The minimum absolute atomic E-state index is 0.0605. The number of ether oxygens (including phenoxy) is 2. The summed E-state index contributed by atoms with van der Waals surface area (Å²) in [6.45, 7) is 4.45. The van der Waals surface area contributed by atoms with Crippen molar-refractivity contribution < 1.29 is 18.7 Å². The average Bonchev–Trinajstić information content (AvgIpc) is 2.72. The summed E-state index contributed by atoms with van der Waals surface area (Å²) in [5, 5.41) is 3.22. The smallest absolute Gasteiger partial charge is 0.410 e. The Bertz CT molecular complexity index is 770. The number of piperazine rings is 1. The first kappa shape index (κ1) is 20.1. The van der Waals surface area contributed by atoms with Gasteiger partial charge in [0.15, 0.2) is 0 Å². The van der Waals surface area contributed by atoms with E-state index in [1.54, 1.807) is 17.0 Å². The van der Waals surface area contributed by atoms with Gasteiger partial charge in [-0.05, 0) is 43.5 Å². The fraction of sp³-hybridized carbons (Fsp3) is 0.409. The first-order chi connectivity index (χ1) is 13.6. The fourth-order valence-corrected chi connectivity index (χ4v) is 3.20. The Morgan fingerprint density at radius 2 is 2.07 bits per heavy atom. The summed E-state index contributed by atoms with van der Waals surface area (Å²) in [7, 11) is 0. The van der Waals surface area contributed by atoms with E-state index >= 15 is 0 Å². The molecule has 1 N–H and O–H groups in total. The largest absolute Gasteiger partial charge is 0.494 e. The molecule has 28 heavy (non-hydrogen) atoms. The van der Waals surface area contributed by atoms with Gasteiger partial charge in [-0.2, -0.15) is 0 Å². The van der Waals surface area contributed by atoms with E-state index in [0.717, 1.165) is 25.9 Å². The minimum Gasteiger partial charge on any atom is -0.494 e. The number of carbonyl (C=O) groups is 1. The quantitative estimate of drug-likeness (QED) is 0.736.